The van der Waals surface area contributed by atoms with Gasteiger partial charge in [-0.3, -0.25) is 10.1 Å². The number of rotatable bonds is 5. The lowest BCUT2D eigenvalue weighted by atomic mass is 10.1. The van der Waals surface area contributed by atoms with Gasteiger partial charge < -0.3 is 9.26 Å². The zero-order valence-corrected chi connectivity index (χ0v) is 14.6. The molecule has 0 saturated heterocycles. The highest BCUT2D eigenvalue weighted by Gasteiger charge is 2.17. The Hall–Kier alpha value is -3.88. The van der Waals surface area contributed by atoms with Crippen molar-refractivity contribution in [1.29, 1.82) is 0 Å². The predicted molar refractivity (Wildman–Crippen MR) is 96.7 cm³/mol. The number of nitro benzene ring substituents is 1. The van der Waals surface area contributed by atoms with E-state index >= 15 is 0 Å². The lowest BCUT2D eigenvalue weighted by molar-refractivity contribution is -0.384. The lowest BCUT2D eigenvalue weighted by Crippen LogP contribution is -1.96. The van der Waals surface area contributed by atoms with Gasteiger partial charge >= 0.3 is 0 Å². The van der Waals surface area contributed by atoms with Crippen molar-refractivity contribution >= 4 is 16.7 Å². The predicted octanol–water partition coefficient (Wildman–Crippen LogP) is 5.40. The van der Waals surface area contributed by atoms with Crippen molar-refractivity contribution in [2.24, 2.45) is 0 Å². The van der Waals surface area contributed by atoms with E-state index in [0.29, 0.717) is 16.7 Å². The molecule has 0 unspecified atom stereocenters. The van der Waals surface area contributed by atoms with Crippen molar-refractivity contribution in [3.63, 3.8) is 0 Å². The molecule has 0 atom stereocenters. The Morgan fingerprint density at radius 2 is 1.69 bits per heavy atom. The molecule has 29 heavy (non-hydrogen) atoms. The molecule has 4 rings (SSSR count). The number of non-ortho nitro benzene ring substituents is 1. The van der Waals surface area contributed by atoms with Crippen molar-refractivity contribution in [3.05, 3.63) is 87.7 Å². The van der Waals surface area contributed by atoms with Gasteiger partial charge in [0.25, 0.3) is 5.69 Å². The van der Waals surface area contributed by atoms with Gasteiger partial charge in [-0.15, -0.1) is 0 Å². The van der Waals surface area contributed by atoms with E-state index in [-0.39, 0.29) is 23.6 Å². The smallest absolute Gasteiger partial charge is 0.269 e. The Bertz CT molecular complexity index is 1200. The summed E-state index contributed by atoms with van der Waals surface area (Å²) in [7, 11) is 0. The number of benzene rings is 3. The van der Waals surface area contributed by atoms with Gasteiger partial charge in [0.05, 0.1) is 4.92 Å². The fourth-order valence-electron chi connectivity index (χ4n) is 2.79. The van der Waals surface area contributed by atoms with Crippen LogP contribution in [0, 0.1) is 27.6 Å². The third kappa shape index (κ3) is 3.62. The molecule has 0 amide bonds. The first-order valence-electron chi connectivity index (χ1n) is 8.33. The first kappa shape index (κ1) is 18.5. The second-order valence-corrected chi connectivity index (χ2v) is 6.16. The number of hydrogen-bond donors (Lipinski definition) is 0. The molecule has 3 aromatic carbocycles. The highest BCUT2D eigenvalue weighted by atomic mass is 19.2. The van der Waals surface area contributed by atoms with Crippen LogP contribution in [0.5, 0.6) is 5.75 Å². The van der Waals surface area contributed by atoms with E-state index in [0.717, 1.165) is 17.7 Å². The minimum Gasteiger partial charge on any atom is -0.489 e. The fourth-order valence-corrected chi connectivity index (χ4v) is 2.79. The largest absolute Gasteiger partial charge is 0.489 e. The van der Waals surface area contributed by atoms with Crippen LogP contribution < -0.4 is 4.74 Å². The van der Waals surface area contributed by atoms with E-state index in [1.54, 1.807) is 30.3 Å². The Morgan fingerprint density at radius 3 is 2.34 bits per heavy atom. The molecule has 4 aromatic rings. The summed E-state index contributed by atoms with van der Waals surface area (Å²) < 4.78 is 51.0. The highest BCUT2D eigenvalue weighted by molar-refractivity contribution is 5.92. The molecule has 1 aromatic heterocycles. The molecule has 0 aliphatic heterocycles. The maximum Gasteiger partial charge on any atom is 0.269 e. The normalized spacial score (nSPS) is 11.0. The Kier molecular flexibility index (Phi) is 4.63. The van der Waals surface area contributed by atoms with Gasteiger partial charge in [-0.1, -0.05) is 5.16 Å². The zero-order chi connectivity index (χ0) is 20.5. The van der Waals surface area contributed by atoms with Crippen molar-refractivity contribution in [1.82, 2.24) is 5.16 Å². The van der Waals surface area contributed by atoms with E-state index in [1.165, 1.54) is 12.1 Å². The molecule has 6 nitrogen and oxygen atoms in total. The summed E-state index contributed by atoms with van der Waals surface area (Å²) in [6, 6.07) is 12.4. The van der Waals surface area contributed by atoms with Crippen molar-refractivity contribution in [2.45, 2.75) is 6.61 Å². The molecule has 9 heteroatoms. The second-order valence-electron chi connectivity index (χ2n) is 6.16. The average Bonchev–Trinajstić information content (AvgIpc) is 3.13. The van der Waals surface area contributed by atoms with Crippen LogP contribution in [0.1, 0.15) is 5.56 Å². The molecule has 0 aliphatic carbocycles. The summed E-state index contributed by atoms with van der Waals surface area (Å²) in [6.45, 7) is 0.166. The van der Waals surface area contributed by atoms with E-state index < -0.39 is 22.4 Å². The molecule has 0 bridgehead atoms. The van der Waals surface area contributed by atoms with Gasteiger partial charge in [0.1, 0.15) is 18.1 Å². The van der Waals surface area contributed by atoms with Crippen molar-refractivity contribution in [3.8, 4) is 17.0 Å². The molecule has 0 spiro atoms. The molecule has 0 N–H and O–H groups in total. The summed E-state index contributed by atoms with van der Waals surface area (Å²) in [4.78, 5) is 10.2. The van der Waals surface area contributed by atoms with Crippen LogP contribution in [0.3, 0.4) is 0 Å². The number of fused-ring (bicyclic) bond motifs is 1. The minimum atomic E-state index is -1.55. The van der Waals surface area contributed by atoms with Crippen LogP contribution in [-0.4, -0.2) is 10.1 Å². The molecule has 0 fully saturated rings. The van der Waals surface area contributed by atoms with Gasteiger partial charge in [-0.2, -0.15) is 0 Å². The summed E-state index contributed by atoms with van der Waals surface area (Å²) in [5.41, 5.74) is 1.23. The van der Waals surface area contributed by atoms with E-state index in [9.17, 15) is 23.3 Å². The second kappa shape index (κ2) is 7.27. The van der Waals surface area contributed by atoms with E-state index in [2.05, 4.69) is 5.16 Å². The zero-order valence-electron chi connectivity index (χ0n) is 14.6. The van der Waals surface area contributed by atoms with Crippen LogP contribution in [0.15, 0.2) is 59.1 Å². The highest BCUT2D eigenvalue weighted by Crippen LogP contribution is 2.32. The third-order valence-electron chi connectivity index (χ3n) is 4.25. The fraction of sp³-hybridized carbons (Fsp3) is 0.0500. The summed E-state index contributed by atoms with van der Waals surface area (Å²) in [5, 5.41) is 15.0. The number of halogens is 3. The molecule has 0 saturated carbocycles. The summed E-state index contributed by atoms with van der Waals surface area (Å²) in [5.74, 6) is -3.75. The van der Waals surface area contributed by atoms with Crippen LogP contribution in [0.4, 0.5) is 18.9 Å². The van der Waals surface area contributed by atoms with Crippen LogP contribution in [0.2, 0.25) is 0 Å². The average molecular weight is 400 g/mol. The Labute approximate surface area is 161 Å². The van der Waals surface area contributed by atoms with E-state index in [4.69, 9.17) is 9.26 Å². The molecule has 0 radical (unpaired) electrons. The third-order valence-corrected chi connectivity index (χ3v) is 4.25. The summed E-state index contributed by atoms with van der Waals surface area (Å²) >= 11 is 0. The molecule has 0 aliphatic rings. The molecule has 146 valence electrons. The maximum absolute atomic E-state index is 13.5. The Balaban J connectivity index is 1.56. The SMILES string of the molecule is O=[N+]([O-])c1ccc(COc2ccc3c(-c4cc(F)c(F)c(F)c4)noc3c2)cc1. The molecular formula is C20H11F3N2O4. The van der Waals surface area contributed by atoms with Gasteiger partial charge in [0.2, 0.25) is 0 Å². The monoisotopic (exact) mass is 400 g/mol. The maximum atomic E-state index is 13.5. The van der Waals surface area contributed by atoms with E-state index in [1.807, 2.05) is 0 Å². The standard InChI is InChI=1S/C20H11F3N2O4/c21-16-7-12(8-17(22)19(16)23)20-15-6-5-14(9-18(15)29-24-20)28-10-11-1-3-13(4-2-11)25(26)27/h1-9H,10H2. The first-order chi connectivity index (χ1) is 13.9. The molecule has 1 heterocycles. The molecular weight excluding hydrogens is 389 g/mol. The van der Waals surface area contributed by atoms with Gasteiger partial charge in [0.15, 0.2) is 23.0 Å². The lowest BCUT2D eigenvalue weighted by Gasteiger charge is -2.06. The number of nitrogens with zero attached hydrogens (tertiary/aromatic N) is 2. The van der Waals surface area contributed by atoms with Crippen molar-refractivity contribution in [2.75, 3.05) is 0 Å². The topological polar surface area (TPSA) is 78.4 Å². The number of aromatic nitrogens is 1. The van der Waals surface area contributed by atoms with Crippen molar-refractivity contribution < 1.29 is 27.4 Å². The Morgan fingerprint density at radius 1 is 1.00 bits per heavy atom. The van der Waals surface area contributed by atoms with Gasteiger partial charge in [-0.05, 0) is 42.0 Å². The van der Waals surface area contributed by atoms with Gasteiger partial charge in [0, 0.05) is 29.1 Å². The quantitative estimate of drug-likeness (QED) is 0.255. The van der Waals surface area contributed by atoms with Crippen LogP contribution in [0.25, 0.3) is 22.2 Å². The van der Waals surface area contributed by atoms with Gasteiger partial charge in [-0.25, -0.2) is 13.2 Å². The first-order valence-corrected chi connectivity index (χ1v) is 8.33. The minimum absolute atomic E-state index is 0.0157. The van der Waals surface area contributed by atoms with Crippen LogP contribution >= 0.6 is 0 Å². The number of hydrogen-bond acceptors (Lipinski definition) is 5. The summed E-state index contributed by atoms with van der Waals surface area (Å²) in [6.07, 6.45) is 0. The number of nitro groups is 1. The number of ether oxygens (including phenoxy) is 1. The van der Waals surface area contributed by atoms with Crippen LogP contribution in [-0.2, 0) is 6.61 Å².